The standard InChI is InChI=1S/C16H25N5S2.HI/c1-4-13-9-19-15(23-13)10-20-16(17-3)18-8-6-5-7-14-21-12(2)11-22-14;/h9,11H,4-8,10H2,1-3H3,(H2,17,18,20);1H. The maximum absolute atomic E-state index is 4.49. The van der Waals surface area contributed by atoms with Crippen LogP contribution < -0.4 is 10.6 Å². The van der Waals surface area contributed by atoms with E-state index in [1.54, 1.807) is 29.7 Å². The fourth-order valence-corrected chi connectivity index (χ4v) is 3.72. The summed E-state index contributed by atoms with van der Waals surface area (Å²) in [4.78, 5) is 14.5. The molecular weight excluding hydrogens is 453 g/mol. The molecule has 0 aromatic carbocycles. The highest BCUT2D eigenvalue weighted by Gasteiger charge is 2.03. The van der Waals surface area contributed by atoms with Gasteiger partial charge in [0.25, 0.3) is 0 Å². The van der Waals surface area contributed by atoms with Gasteiger partial charge in [-0.3, -0.25) is 4.99 Å². The number of unbranched alkanes of at least 4 members (excludes halogenated alkanes) is 1. The normalized spacial score (nSPS) is 11.2. The molecule has 2 heterocycles. The predicted octanol–water partition coefficient (Wildman–Crippen LogP) is 3.78. The molecular formula is C16H26IN5S2. The number of halogens is 1. The summed E-state index contributed by atoms with van der Waals surface area (Å²) in [5, 5.41) is 11.1. The highest BCUT2D eigenvalue weighted by molar-refractivity contribution is 14.0. The van der Waals surface area contributed by atoms with E-state index in [0.717, 1.165) is 55.4 Å². The van der Waals surface area contributed by atoms with E-state index >= 15 is 0 Å². The Morgan fingerprint density at radius 3 is 2.71 bits per heavy atom. The largest absolute Gasteiger partial charge is 0.356 e. The summed E-state index contributed by atoms with van der Waals surface area (Å²) in [6.07, 6.45) is 6.31. The quantitative estimate of drug-likeness (QED) is 0.262. The molecule has 0 fully saturated rings. The topological polar surface area (TPSA) is 62.2 Å². The average Bonchev–Trinajstić information content (AvgIpc) is 3.18. The number of nitrogens with zero attached hydrogens (tertiary/aromatic N) is 3. The van der Waals surface area contributed by atoms with Crippen molar-refractivity contribution in [2.45, 2.75) is 46.1 Å². The number of aryl methyl sites for hydroxylation is 3. The lowest BCUT2D eigenvalue weighted by Gasteiger charge is -2.10. The SMILES string of the molecule is CCc1cnc(CNC(=NC)NCCCCc2nc(C)cs2)s1.I. The zero-order valence-electron chi connectivity index (χ0n) is 14.5. The van der Waals surface area contributed by atoms with Gasteiger partial charge in [0.15, 0.2) is 5.96 Å². The molecule has 0 amide bonds. The van der Waals surface area contributed by atoms with E-state index in [4.69, 9.17) is 0 Å². The molecule has 2 N–H and O–H groups in total. The third kappa shape index (κ3) is 7.43. The Labute approximate surface area is 169 Å². The van der Waals surface area contributed by atoms with E-state index < -0.39 is 0 Å². The monoisotopic (exact) mass is 479 g/mol. The van der Waals surface area contributed by atoms with Gasteiger partial charge in [0.1, 0.15) is 5.01 Å². The number of hydrogen-bond acceptors (Lipinski definition) is 5. The average molecular weight is 479 g/mol. The molecule has 0 spiro atoms. The molecule has 0 saturated heterocycles. The van der Waals surface area contributed by atoms with E-state index in [1.165, 1.54) is 9.88 Å². The van der Waals surface area contributed by atoms with Crippen LogP contribution in [-0.4, -0.2) is 29.5 Å². The molecule has 0 saturated carbocycles. The Hall–Kier alpha value is -0.740. The third-order valence-electron chi connectivity index (χ3n) is 3.36. The summed E-state index contributed by atoms with van der Waals surface area (Å²) in [6.45, 7) is 5.84. The molecule has 134 valence electrons. The van der Waals surface area contributed by atoms with Gasteiger partial charge < -0.3 is 10.6 Å². The lowest BCUT2D eigenvalue weighted by molar-refractivity contribution is 0.691. The molecule has 0 atom stereocenters. The summed E-state index contributed by atoms with van der Waals surface area (Å²) in [7, 11) is 1.80. The van der Waals surface area contributed by atoms with Crippen LogP contribution in [0, 0.1) is 6.92 Å². The maximum atomic E-state index is 4.49. The number of hydrogen-bond donors (Lipinski definition) is 2. The lowest BCUT2D eigenvalue weighted by Crippen LogP contribution is -2.37. The van der Waals surface area contributed by atoms with E-state index in [2.05, 4.69) is 37.9 Å². The van der Waals surface area contributed by atoms with Gasteiger partial charge in [-0.2, -0.15) is 0 Å². The molecule has 0 aliphatic carbocycles. The first-order chi connectivity index (χ1) is 11.2. The minimum Gasteiger partial charge on any atom is -0.356 e. The van der Waals surface area contributed by atoms with Crippen molar-refractivity contribution in [3.63, 3.8) is 0 Å². The first-order valence-electron chi connectivity index (χ1n) is 8.00. The Morgan fingerprint density at radius 2 is 2.08 bits per heavy atom. The van der Waals surface area contributed by atoms with E-state index in [9.17, 15) is 0 Å². The van der Waals surface area contributed by atoms with Crippen LogP contribution in [-0.2, 0) is 19.4 Å². The second kappa shape index (κ2) is 11.8. The maximum Gasteiger partial charge on any atom is 0.191 e. The lowest BCUT2D eigenvalue weighted by atomic mass is 10.2. The van der Waals surface area contributed by atoms with Crippen molar-refractivity contribution in [3.8, 4) is 0 Å². The Kier molecular flexibility index (Phi) is 10.4. The van der Waals surface area contributed by atoms with Crippen molar-refractivity contribution in [2.24, 2.45) is 4.99 Å². The minimum atomic E-state index is 0. The van der Waals surface area contributed by atoms with Gasteiger partial charge in [-0.15, -0.1) is 46.7 Å². The van der Waals surface area contributed by atoms with Crippen LogP contribution in [0.3, 0.4) is 0 Å². The highest BCUT2D eigenvalue weighted by Crippen LogP contribution is 2.13. The Morgan fingerprint density at radius 1 is 1.25 bits per heavy atom. The number of nitrogens with one attached hydrogen (secondary N) is 2. The van der Waals surface area contributed by atoms with Crippen LogP contribution in [0.25, 0.3) is 0 Å². The number of rotatable bonds is 8. The van der Waals surface area contributed by atoms with Gasteiger partial charge in [-0.05, 0) is 32.6 Å². The molecule has 0 radical (unpaired) electrons. The molecule has 0 aliphatic rings. The Bertz CT molecular complexity index is 624. The van der Waals surface area contributed by atoms with Crippen LogP contribution in [0.5, 0.6) is 0 Å². The molecule has 0 bridgehead atoms. The van der Waals surface area contributed by atoms with Crippen molar-refractivity contribution < 1.29 is 0 Å². The van der Waals surface area contributed by atoms with Gasteiger partial charge in [-0.25, -0.2) is 9.97 Å². The Balaban J connectivity index is 0.00000288. The van der Waals surface area contributed by atoms with Crippen LogP contribution in [0.15, 0.2) is 16.6 Å². The first kappa shape index (κ1) is 21.3. The van der Waals surface area contributed by atoms with Crippen molar-refractivity contribution in [1.29, 1.82) is 0 Å². The van der Waals surface area contributed by atoms with E-state index in [0.29, 0.717) is 0 Å². The van der Waals surface area contributed by atoms with Crippen molar-refractivity contribution in [3.05, 3.63) is 32.2 Å². The molecule has 0 aliphatic heterocycles. The number of thiazole rings is 2. The van der Waals surface area contributed by atoms with E-state index in [-0.39, 0.29) is 24.0 Å². The zero-order chi connectivity index (χ0) is 16.5. The van der Waals surface area contributed by atoms with Crippen molar-refractivity contribution in [1.82, 2.24) is 20.6 Å². The highest BCUT2D eigenvalue weighted by atomic mass is 127. The summed E-state index contributed by atoms with van der Waals surface area (Å²) >= 11 is 3.51. The molecule has 2 aromatic heterocycles. The van der Waals surface area contributed by atoms with Gasteiger partial charge in [-0.1, -0.05) is 6.92 Å². The number of aliphatic imine (C=N–C) groups is 1. The summed E-state index contributed by atoms with van der Waals surface area (Å²) < 4.78 is 0. The second-order valence-electron chi connectivity index (χ2n) is 5.27. The summed E-state index contributed by atoms with van der Waals surface area (Å²) in [5.74, 6) is 0.836. The van der Waals surface area contributed by atoms with Crippen LogP contribution >= 0.6 is 46.7 Å². The fraction of sp³-hybridized carbons (Fsp3) is 0.562. The molecule has 24 heavy (non-hydrogen) atoms. The smallest absolute Gasteiger partial charge is 0.191 e. The molecule has 5 nitrogen and oxygen atoms in total. The third-order valence-corrected chi connectivity index (χ3v) is 5.53. The predicted molar refractivity (Wildman–Crippen MR) is 115 cm³/mol. The van der Waals surface area contributed by atoms with Crippen LogP contribution in [0.4, 0.5) is 0 Å². The molecule has 2 rings (SSSR count). The molecule has 2 aromatic rings. The van der Waals surface area contributed by atoms with Crippen LogP contribution in [0.2, 0.25) is 0 Å². The fourth-order valence-electron chi connectivity index (χ4n) is 2.10. The number of aromatic nitrogens is 2. The second-order valence-corrected chi connectivity index (χ2v) is 7.41. The molecule has 8 heteroatoms. The number of guanidine groups is 1. The van der Waals surface area contributed by atoms with Gasteiger partial charge in [0, 0.05) is 35.7 Å². The minimum absolute atomic E-state index is 0. The van der Waals surface area contributed by atoms with Crippen LogP contribution in [0.1, 0.15) is 40.4 Å². The summed E-state index contributed by atoms with van der Waals surface area (Å²) in [6, 6.07) is 0. The van der Waals surface area contributed by atoms with Gasteiger partial charge in [0.05, 0.1) is 11.6 Å². The van der Waals surface area contributed by atoms with Gasteiger partial charge >= 0.3 is 0 Å². The van der Waals surface area contributed by atoms with Crippen molar-refractivity contribution >= 4 is 52.6 Å². The van der Waals surface area contributed by atoms with E-state index in [1.807, 2.05) is 13.1 Å². The van der Waals surface area contributed by atoms with Crippen molar-refractivity contribution in [2.75, 3.05) is 13.6 Å². The molecule has 0 unspecified atom stereocenters. The summed E-state index contributed by atoms with van der Waals surface area (Å²) in [5.41, 5.74) is 1.13. The first-order valence-corrected chi connectivity index (χ1v) is 9.70. The zero-order valence-corrected chi connectivity index (χ0v) is 18.4. The van der Waals surface area contributed by atoms with Gasteiger partial charge in [0.2, 0.25) is 0 Å².